The first-order valence-electron chi connectivity index (χ1n) is 7.91. The summed E-state index contributed by atoms with van der Waals surface area (Å²) in [7, 11) is -3.88. The highest BCUT2D eigenvalue weighted by Gasteiger charge is 2.19. The van der Waals surface area contributed by atoms with Crippen molar-refractivity contribution in [2.45, 2.75) is 38.2 Å². The summed E-state index contributed by atoms with van der Waals surface area (Å²) >= 11 is 0. The molecule has 0 spiro atoms. The Bertz CT molecular complexity index is 832. The maximum atomic E-state index is 13.8. The summed E-state index contributed by atoms with van der Waals surface area (Å²) in [4.78, 5) is -0.196. The first-order chi connectivity index (χ1) is 11.7. The second-order valence-corrected chi connectivity index (χ2v) is 7.36. The number of hydrogen-bond donors (Lipinski definition) is 2. The second-order valence-electron chi connectivity index (χ2n) is 5.60. The fourth-order valence-electron chi connectivity index (χ4n) is 2.47. The summed E-state index contributed by atoms with van der Waals surface area (Å²) in [6, 6.07) is 5.18. The van der Waals surface area contributed by atoms with Gasteiger partial charge in [-0.25, -0.2) is 17.5 Å². The SMILES string of the molecule is CCOc1ccc(S(=O)(=O)NCCC(O)c2cc(C)oc2C)cc1F. The van der Waals surface area contributed by atoms with Crippen LogP contribution >= 0.6 is 0 Å². The topological polar surface area (TPSA) is 88.8 Å². The molecule has 0 aliphatic rings. The number of nitrogens with one attached hydrogen (secondary N) is 1. The molecule has 0 aliphatic carbocycles. The van der Waals surface area contributed by atoms with Crippen molar-refractivity contribution in [3.8, 4) is 5.75 Å². The molecule has 0 saturated carbocycles. The molecule has 2 rings (SSSR count). The van der Waals surface area contributed by atoms with Crippen LogP contribution in [0.3, 0.4) is 0 Å². The maximum absolute atomic E-state index is 13.8. The van der Waals surface area contributed by atoms with Crippen molar-refractivity contribution in [2.24, 2.45) is 0 Å². The molecule has 0 aliphatic heterocycles. The van der Waals surface area contributed by atoms with Crippen LogP contribution in [0.2, 0.25) is 0 Å². The standard InChI is InChI=1S/C17H22FNO5S/c1-4-23-17-6-5-13(10-15(17)18)25(21,22)19-8-7-16(20)14-9-11(2)24-12(14)3/h5-6,9-10,16,19-20H,4,7-8H2,1-3H3. The highest BCUT2D eigenvalue weighted by molar-refractivity contribution is 7.89. The number of rotatable bonds is 8. The van der Waals surface area contributed by atoms with Gasteiger partial charge in [-0.1, -0.05) is 0 Å². The molecule has 1 aromatic heterocycles. The molecule has 1 atom stereocenters. The number of aliphatic hydroxyl groups excluding tert-OH is 1. The highest BCUT2D eigenvalue weighted by Crippen LogP contribution is 2.24. The zero-order chi connectivity index (χ0) is 18.6. The van der Waals surface area contributed by atoms with Gasteiger partial charge in [0, 0.05) is 12.1 Å². The van der Waals surface area contributed by atoms with E-state index in [2.05, 4.69) is 4.72 Å². The molecule has 0 saturated heterocycles. The van der Waals surface area contributed by atoms with E-state index in [4.69, 9.17) is 9.15 Å². The third kappa shape index (κ3) is 4.81. The number of ether oxygens (including phenoxy) is 1. The molecule has 0 bridgehead atoms. The van der Waals surface area contributed by atoms with Crippen LogP contribution in [0.4, 0.5) is 4.39 Å². The predicted octanol–water partition coefficient (Wildman–Crippen LogP) is 2.84. The largest absolute Gasteiger partial charge is 0.491 e. The van der Waals surface area contributed by atoms with Gasteiger partial charge < -0.3 is 14.3 Å². The van der Waals surface area contributed by atoms with E-state index < -0.39 is 21.9 Å². The molecule has 138 valence electrons. The zero-order valence-corrected chi connectivity index (χ0v) is 15.2. The zero-order valence-electron chi connectivity index (χ0n) is 14.4. The van der Waals surface area contributed by atoms with Crippen LogP contribution in [-0.2, 0) is 10.0 Å². The fourth-order valence-corrected chi connectivity index (χ4v) is 3.53. The van der Waals surface area contributed by atoms with E-state index in [1.165, 1.54) is 12.1 Å². The van der Waals surface area contributed by atoms with Crippen LogP contribution in [0.5, 0.6) is 5.75 Å². The van der Waals surface area contributed by atoms with Gasteiger partial charge in [0.05, 0.1) is 17.6 Å². The Morgan fingerprint density at radius 2 is 2.04 bits per heavy atom. The van der Waals surface area contributed by atoms with Crippen LogP contribution in [0.25, 0.3) is 0 Å². The summed E-state index contributed by atoms with van der Waals surface area (Å²) in [5, 5.41) is 10.2. The van der Waals surface area contributed by atoms with Crippen LogP contribution < -0.4 is 9.46 Å². The van der Waals surface area contributed by atoms with E-state index in [9.17, 15) is 17.9 Å². The van der Waals surface area contributed by atoms with E-state index in [1.54, 1.807) is 26.8 Å². The Labute approximate surface area is 146 Å². The van der Waals surface area contributed by atoms with Crippen molar-refractivity contribution < 1.29 is 27.1 Å². The smallest absolute Gasteiger partial charge is 0.240 e. The molecule has 0 radical (unpaired) electrons. The van der Waals surface area contributed by atoms with Gasteiger partial charge >= 0.3 is 0 Å². The van der Waals surface area contributed by atoms with Gasteiger partial charge in [0.25, 0.3) is 0 Å². The second kappa shape index (κ2) is 7.99. The number of aryl methyl sites for hydroxylation is 2. The molecule has 2 aromatic rings. The quantitative estimate of drug-likeness (QED) is 0.745. The van der Waals surface area contributed by atoms with Gasteiger partial charge in [-0.05, 0) is 51.5 Å². The first kappa shape index (κ1) is 19.4. The Kier molecular flexibility index (Phi) is 6.21. The average Bonchev–Trinajstić information content (AvgIpc) is 2.87. The van der Waals surface area contributed by atoms with Crippen molar-refractivity contribution in [1.29, 1.82) is 0 Å². The molecule has 6 nitrogen and oxygen atoms in total. The van der Waals surface area contributed by atoms with Gasteiger partial charge in [0.15, 0.2) is 11.6 Å². The van der Waals surface area contributed by atoms with Crippen LogP contribution in [0.15, 0.2) is 33.6 Å². The van der Waals surface area contributed by atoms with Gasteiger partial charge in [-0.2, -0.15) is 0 Å². The minimum atomic E-state index is -3.88. The summed E-state index contributed by atoms with van der Waals surface area (Å²) in [6.45, 7) is 5.50. The predicted molar refractivity (Wildman–Crippen MR) is 90.5 cm³/mol. The van der Waals surface area contributed by atoms with Crippen molar-refractivity contribution >= 4 is 10.0 Å². The maximum Gasteiger partial charge on any atom is 0.240 e. The van der Waals surface area contributed by atoms with E-state index >= 15 is 0 Å². The highest BCUT2D eigenvalue weighted by atomic mass is 32.2. The van der Waals surface area contributed by atoms with Gasteiger partial charge in [0.1, 0.15) is 11.5 Å². The number of hydrogen-bond acceptors (Lipinski definition) is 5. The lowest BCUT2D eigenvalue weighted by Gasteiger charge is -2.12. The van der Waals surface area contributed by atoms with Gasteiger partial charge in [-0.15, -0.1) is 0 Å². The Hall–Kier alpha value is -1.90. The van der Waals surface area contributed by atoms with E-state index in [-0.39, 0.29) is 30.2 Å². The lowest BCUT2D eigenvalue weighted by atomic mass is 10.1. The van der Waals surface area contributed by atoms with Crippen molar-refractivity contribution in [3.05, 3.63) is 47.2 Å². The molecule has 0 amide bonds. The molecular formula is C17H22FNO5S. The number of furan rings is 1. The van der Waals surface area contributed by atoms with E-state index in [1.807, 2.05) is 0 Å². The first-order valence-corrected chi connectivity index (χ1v) is 9.40. The third-order valence-corrected chi connectivity index (χ3v) is 5.12. The molecule has 2 N–H and O–H groups in total. The summed E-state index contributed by atoms with van der Waals surface area (Å²) in [6.07, 6.45) is -0.685. The number of halogens is 1. The molecule has 1 aromatic carbocycles. The minimum absolute atomic E-state index is 0.00198. The van der Waals surface area contributed by atoms with E-state index in [0.29, 0.717) is 17.1 Å². The van der Waals surface area contributed by atoms with Gasteiger partial charge in [0.2, 0.25) is 10.0 Å². The van der Waals surface area contributed by atoms with Crippen molar-refractivity contribution in [3.63, 3.8) is 0 Å². The number of aliphatic hydroxyl groups is 1. The van der Waals surface area contributed by atoms with Crippen LogP contribution in [0.1, 0.15) is 36.5 Å². The average molecular weight is 371 g/mol. The minimum Gasteiger partial charge on any atom is -0.491 e. The number of benzene rings is 1. The lowest BCUT2D eigenvalue weighted by molar-refractivity contribution is 0.167. The Morgan fingerprint density at radius 3 is 2.60 bits per heavy atom. The Morgan fingerprint density at radius 1 is 1.32 bits per heavy atom. The van der Waals surface area contributed by atoms with Crippen molar-refractivity contribution in [1.82, 2.24) is 4.72 Å². The molecule has 1 unspecified atom stereocenters. The molecule has 0 fully saturated rings. The normalized spacial score (nSPS) is 13.0. The third-order valence-electron chi connectivity index (χ3n) is 3.66. The summed E-state index contributed by atoms with van der Waals surface area (Å²) < 4.78 is 51.0. The molecular weight excluding hydrogens is 349 g/mol. The molecule has 25 heavy (non-hydrogen) atoms. The van der Waals surface area contributed by atoms with Crippen LogP contribution in [0, 0.1) is 19.7 Å². The van der Waals surface area contributed by atoms with Crippen LogP contribution in [-0.4, -0.2) is 26.7 Å². The summed E-state index contributed by atoms with van der Waals surface area (Å²) in [5.41, 5.74) is 0.629. The van der Waals surface area contributed by atoms with E-state index in [0.717, 1.165) is 6.07 Å². The molecule has 8 heteroatoms. The fraction of sp³-hybridized carbons (Fsp3) is 0.412. The monoisotopic (exact) mass is 371 g/mol. The lowest BCUT2D eigenvalue weighted by Crippen LogP contribution is -2.26. The number of sulfonamides is 1. The Balaban J connectivity index is 1.99. The van der Waals surface area contributed by atoms with Gasteiger partial charge in [-0.3, -0.25) is 0 Å². The summed E-state index contributed by atoms with van der Waals surface area (Å²) in [5.74, 6) is 0.537. The van der Waals surface area contributed by atoms with Crippen molar-refractivity contribution in [2.75, 3.05) is 13.2 Å². The molecule has 1 heterocycles.